The molecular weight excluding hydrogens is 318 g/mol. The first-order chi connectivity index (χ1) is 10.9. The first kappa shape index (κ1) is 17.0. The van der Waals surface area contributed by atoms with E-state index in [1.54, 1.807) is 30.9 Å². The summed E-state index contributed by atoms with van der Waals surface area (Å²) in [6, 6.07) is 7.43. The van der Waals surface area contributed by atoms with Crippen LogP contribution in [0.1, 0.15) is 22.8 Å². The average Bonchev–Trinajstić information content (AvgIpc) is 2.97. The number of rotatable bonds is 6. The Labute approximate surface area is 139 Å². The number of aromatic nitrogens is 2. The minimum atomic E-state index is -0.931. The van der Waals surface area contributed by atoms with Crippen LogP contribution in [0.25, 0.3) is 0 Å². The number of aliphatic carboxylic acids is 1. The zero-order valence-corrected chi connectivity index (χ0v) is 13.7. The summed E-state index contributed by atoms with van der Waals surface area (Å²) in [4.78, 5) is 24.5. The maximum Gasteiger partial charge on any atom is 0.308 e. The highest BCUT2D eigenvalue weighted by Crippen LogP contribution is 2.16. The highest BCUT2D eigenvalue weighted by molar-refractivity contribution is 6.31. The van der Waals surface area contributed by atoms with Crippen LogP contribution in [0, 0.1) is 5.92 Å². The average molecular weight is 336 g/mol. The highest BCUT2D eigenvalue weighted by atomic mass is 35.5. The van der Waals surface area contributed by atoms with Gasteiger partial charge in [0, 0.05) is 24.8 Å². The molecule has 0 saturated heterocycles. The molecule has 1 heterocycles. The Morgan fingerprint density at radius 1 is 1.39 bits per heavy atom. The Hall–Kier alpha value is -2.34. The van der Waals surface area contributed by atoms with Crippen LogP contribution >= 0.6 is 11.6 Å². The van der Waals surface area contributed by atoms with Crippen molar-refractivity contribution in [2.24, 2.45) is 5.92 Å². The van der Waals surface area contributed by atoms with Gasteiger partial charge in [-0.1, -0.05) is 36.7 Å². The number of carbonyl (C=O) groups excluding carboxylic acids is 1. The molecule has 1 N–H and O–H groups in total. The molecule has 1 aromatic carbocycles. The maximum absolute atomic E-state index is 12.3. The fourth-order valence-electron chi connectivity index (χ4n) is 2.15. The third kappa shape index (κ3) is 4.32. The van der Waals surface area contributed by atoms with Crippen LogP contribution in [0.4, 0.5) is 0 Å². The second kappa shape index (κ2) is 7.28. The first-order valence-corrected chi connectivity index (χ1v) is 7.50. The van der Waals surface area contributed by atoms with Crippen molar-refractivity contribution in [3.05, 3.63) is 52.8 Å². The summed E-state index contributed by atoms with van der Waals surface area (Å²) < 4.78 is 1.63. The van der Waals surface area contributed by atoms with Gasteiger partial charge >= 0.3 is 5.97 Å². The number of halogens is 1. The molecule has 2 rings (SSSR count). The van der Waals surface area contributed by atoms with Crippen LogP contribution in [0.15, 0.2) is 36.7 Å². The predicted molar refractivity (Wildman–Crippen MR) is 86.5 cm³/mol. The van der Waals surface area contributed by atoms with Gasteiger partial charge < -0.3 is 10.0 Å². The third-order valence-electron chi connectivity index (χ3n) is 3.49. The molecule has 2 aromatic rings. The summed E-state index contributed by atoms with van der Waals surface area (Å²) in [6.07, 6.45) is 3.11. The summed E-state index contributed by atoms with van der Waals surface area (Å²) in [5.41, 5.74) is 1.32. The molecule has 0 bridgehead atoms. The largest absolute Gasteiger partial charge is 0.481 e. The molecule has 0 saturated carbocycles. The van der Waals surface area contributed by atoms with Crippen LogP contribution in [-0.4, -0.2) is 45.3 Å². The van der Waals surface area contributed by atoms with Crippen molar-refractivity contribution in [1.82, 2.24) is 14.7 Å². The SMILES string of the molecule is CC(CN(C)C(=O)c1cnn(Cc2ccccc2Cl)c1)C(=O)O. The lowest BCUT2D eigenvalue weighted by Gasteiger charge is -2.18. The number of benzene rings is 1. The standard InChI is InChI=1S/C16H18ClN3O3/c1-11(16(22)23)8-19(2)15(21)13-7-18-20(10-13)9-12-5-3-4-6-14(12)17/h3-7,10-11H,8-9H2,1-2H3,(H,22,23). The first-order valence-electron chi connectivity index (χ1n) is 7.12. The molecule has 1 amide bonds. The second-order valence-corrected chi connectivity index (χ2v) is 5.85. The van der Waals surface area contributed by atoms with Crippen molar-refractivity contribution in [3.63, 3.8) is 0 Å². The molecule has 0 aliphatic carbocycles. The molecule has 0 fully saturated rings. The second-order valence-electron chi connectivity index (χ2n) is 5.44. The molecule has 6 nitrogen and oxygen atoms in total. The molecule has 1 atom stereocenters. The molecule has 0 spiro atoms. The highest BCUT2D eigenvalue weighted by Gasteiger charge is 2.19. The molecule has 1 aromatic heterocycles. The third-order valence-corrected chi connectivity index (χ3v) is 3.86. The monoisotopic (exact) mass is 335 g/mol. The van der Waals surface area contributed by atoms with E-state index in [2.05, 4.69) is 5.10 Å². The van der Waals surface area contributed by atoms with E-state index in [0.29, 0.717) is 17.1 Å². The number of carboxylic acid groups (broad SMARTS) is 1. The number of carboxylic acids is 1. The van der Waals surface area contributed by atoms with Crippen LogP contribution < -0.4 is 0 Å². The lowest BCUT2D eigenvalue weighted by atomic mass is 10.1. The van der Waals surface area contributed by atoms with E-state index >= 15 is 0 Å². The van der Waals surface area contributed by atoms with Gasteiger partial charge in [0.2, 0.25) is 0 Å². The van der Waals surface area contributed by atoms with Crippen LogP contribution in [0.2, 0.25) is 5.02 Å². The molecule has 23 heavy (non-hydrogen) atoms. The van der Waals surface area contributed by atoms with E-state index in [0.717, 1.165) is 5.56 Å². The van der Waals surface area contributed by atoms with Gasteiger partial charge in [0.15, 0.2) is 0 Å². The molecule has 1 unspecified atom stereocenters. The number of nitrogens with zero attached hydrogens (tertiary/aromatic N) is 3. The quantitative estimate of drug-likeness (QED) is 0.879. The normalized spacial score (nSPS) is 12.0. The number of hydrogen-bond acceptors (Lipinski definition) is 3. The molecule has 7 heteroatoms. The summed E-state index contributed by atoms with van der Waals surface area (Å²) in [5, 5.41) is 13.7. The van der Waals surface area contributed by atoms with Gasteiger partial charge in [-0.2, -0.15) is 5.10 Å². The summed E-state index contributed by atoms with van der Waals surface area (Å²) in [6.45, 7) is 2.17. The smallest absolute Gasteiger partial charge is 0.308 e. The fraction of sp³-hybridized carbons (Fsp3) is 0.312. The predicted octanol–water partition coefficient (Wildman–Crippen LogP) is 2.38. The Balaban J connectivity index is 2.05. The van der Waals surface area contributed by atoms with Crippen LogP contribution in [0.3, 0.4) is 0 Å². The summed E-state index contributed by atoms with van der Waals surface area (Å²) >= 11 is 6.11. The van der Waals surface area contributed by atoms with Crippen LogP contribution in [0.5, 0.6) is 0 Å². The molecule has 0 aliphatic heterocycles. The van der Waals surface area contributed by atoms with Gasteiger partial charge in [0.25, 0.3) is 5.91 Å². The van der Waals surface area contributed by atoms with Gasteiger partial charge in [0.05, 0.1) is 24.2 Å². The summed E-state index contributed by atoms with van der Waals surface area (Å²) in [5.74, 6) is -1.82. The zero-order valence-electron chi connectivity index (χ0n) is 12.9. The van der Waals surface area contributed by atoms with Gasteiger partial charge in [-0.3, -0.25) is 14.3 Å². The Kier molecular flexibility index (Phi) is 5.39. The minimum absolute atomic E-state index is 0.143. The van der Waals surface area contributed by atoms with Gasteiger partial charge in [-0.25, -0.2) is 0 Å². The Bertz CT molecular complexity index is 714. The van der Waals surface area contributed by atoms with E-state index in [9.17, 15) is 9.59 Å². The molecule has 0 radical (unpaired) electrons. The van der Waals surface area contributed by atoms with Gasteiger partial charge in [-0.05, 0) is 11.6 Å². The van der Waals surface area contributed by atoms with Crippen molar-refractivity contribution < 1.29 is 14.7 Å². The fourth-order valence-corrected chi connectivity index (χ4v) is 2.35. The Morgan fingerprint density at radius 3 is 2.74 bits per heavy atom. The van der Waals surface area contributed by atoms with E-state index in [1.165, 1.54) is 11.1 Å². The van der Waals surface area contributed by atoms with E-state index in [4.69, 9.17) is 16.7 Å². The van der Waals surface area contributed by atoms with Crippen molar-refractivity contribution >= 4 is 23.5 Å². The van der Waals surface area contributed by atoms with Crippen molar-refractivity contribution in [2.75, 3.05) is 13.6 Å². The Morgan fingerprint density at radius 2 is 2.09 bits per heavy atom. The maximum atomic E-state index is 12.3. The number of hydrogen-bond donors (Lipinski definition) is 1. The molecular formula is C16H18ClN3O3. The van der Waals surface area contributed by atoms with Crippen molar-refractivity contribution in [1.29, 1.82) is 0 Å². The van der Waals surface area contributed by atoms with E-state index in [1.807, 2.05) is 18.2 Å². The summed E-state index contributed by atoms with van der Waals surface area (Å²) in [7, 11) is 1.58. The number of amides is 1. The lowest BCUT2D eigenvalue weighted by molar-refractivity contribution is -0.141. The molecule has 122 valence electrons. The molecule has 0 aliphatic rings. The number of carbonyl (C=O) groups is 2. The lowest BCUT2D eigenvalue weighted by Crippen LogP contribution is -2.33. The van der Waals surface area contributed by atoms with E-state index < -0.39 is 11.9 Å². The van der Waals surface area contributed by atoms with Gasteiger partial charge in [-0.15, -0.1) is 0 Å². The topological polar surface area (TPSA) is 75.4 Å². The van der Waals surface area contributed by atoms with Crippen molar-refractivity contribution in [2.45, 2.75) is 13.5 Å². The van der Waals surface area contributed by atoms with E-state index in [-0.39, 0.29) is 12.5 Å². The van der Waals surface area contributed by atoms with Gasteiger partial charge in [0.1, 0.15) is 0 Å². The van der Waals surface area contributed by atoms with Crippen LogP contribution in [-0.2, 0) is 11.3 Å². The zero-order chi connectivity index (χ0) is 17.0. The van der Waals surface area contributed by atoms with Crippen molar-refractivity contribution in [3.8, 4) is 0 Å². The minimum Gasteiger partial charge on any atom is -0.481 e.